The van der Waals surface area contributed by atoms with E-state index in [0.717, 1.165) is 11.3 Å². The Labute approximate surface area is 105 Å². The standard InChI is InChI=1S/C8H14N2O4S3/c1-3-16(11,12)10-6(2)7-4-5-8(15-7)17(9,13)14/h4-6,10H,3H2,1-2H3,(H2,9,13,14). The summed E-state index contributed by atoms with van der Waals surface area (Å²) in [4.78, 5) is 0.603. The third kappa shape index (κ3) is 4.03. The van der Waals surface area contributed by atoms with E-state index in [1.54, 1.807) is 13.0 Å². The highest BCUT2D eigenvalue weighted by Gasteiger charge is 2.18. The lowest BCUT2D eigenvalue weighted by molar-refractivity contribution is 0.570. The molecule has 17 heavy (non-hydrogen) atoms. The zero-order valence-electron chi connectivity index (χ0n) is 9.37. The van der Waals surface area contributed by atoms with Gasteiger partial charge in [0, 0.05) is 4.88 Å². The average molecular weight is 298 g/mol. The van der Waals surface area contributed by atoms with Crippen molar-refractivity contribution in [1.29, 1.82) is 0 Å². The van der Waals surface area contributed by atoms with Crippen LogP contribution in [0, 0.1) is 0 Å². The van der Waals surface area contributed by atoms with Crippen molar-refractivity contribution in [3.63, 3.8) is 0 Å². The SMILES string of the molecule is CCS(=O)(=O)NC(C)c1ccc(S(N)(=O)=O)s1. The summed E-state index contributed by atoms with van der Waals surface area (Å²) in [6, 6.07) is 2.44. The second kappa shape index (κ2) is 5.02. The zero-order chi connectivity index (χ0) is 13.3. The Balaban J connectivity index is 2.92. The van der Waals surface area contributed by atoms with Gasteiger partial charge in [-0.15, -0.1) is 11.3 Å². The number of thiophene rings is 1. The third-order valence-electron chi connectivity index (χ3n) is 2.05. The first-order chi connectivity index (χ1) is 7.65. The highest BCUT2D eigenvalue weighted by atomic mass is 32.2. The van der Waals surface area contributed by atoms with Crippen LogP contribution in [0.5, 0.6) is 0 Å². The summed E-state index contributed by atoms with van der Waals surface area (Å²) in [5.74, 6) is -0.0231. The van der Waals surface area contributed by atoms with Crippen LogP contribution >= 0.6 is 11.3 Å². The molecule has 1 heterocycles. The Hall–Kier alpha value is -0.480. The van der Waals surface area contributed by atoms with Gasteiger partial charge < -0.3 is 0 Å². The lowest BCUT2D eigenvalue weighted by Crippen LogP contribution is -2.27. The average Bonchev–Trinajstić information content (AvgIpc) is 2.65. The Kier molecular flexibility index (Phi) is 4.31. The lowest BCUT2D eigenvalue weighted by Gasteiger charge is -2.10. The van der Waals surface area contributed by atoms with E-state index in [1.165, 1.54) is 13.0 Å². The number of nitrogens with one attached hydrogen (secondary N) is 1. The van der Waals surface area contributed by atoms with Crippen LogP contribution in [0.4, 0.5) is 0 Å². The van der Waals surface area contributed by atoms with Crippen LogP contribution in [-0.4, -0.2) is 22.6 Å². The summed E-state index contributed by atoms with van der Waals surface area (Å²) in [6.07, 6.45) is 0. The van der Waals surface area contributed by atoms with Gasteiger partial charge in [0.1, 0.15) is 4.21 Å². The third-order valence-corrected chi connectivity index (χ3v) is 6.22. The van der Waals surface area contributed by atoms with Crippen molar-refractivity contribution >= 4 is 31.4 Å². The molecular formula is C8H14N2O4S3. The quantitative estimate of drug-likeness (QED) is 0.820. The first-order valence-corrected chi connectivity index (χ1v) is 8.80. The van der Waals surface area contributed by atoms with Gasteiger partial charge in [0.25, 0.3) is 0 Å². The summed E-state index contributed by atoms with van der Waals surface area (Å²) in [7, 11) is -7.04. The normalized spacial score (nSPS) is 14.8. The fourth-order valence-corrected chi connectivity index (χ4v) is 3.79. The molecule has 0 radical (unpaired) electrons. The smallest absolute Gasteiger partial charge is 0.224 e. The fraction of sp³-hybridized carbons (Fsp3) is 0.500. The molecule has 1 aromatic rings. The van der Waals surface area contributed by atoms with E-state index in [2.05, 4.69) is 4.72 Å². The first kappa shape index (κ1) is 14.6. The molecule has 0 fully saturated rings. The number of hydrogen-bond donors (Lipinski definition) is 2. The minimum atomic E-state index is -3.72. The molecule has 1 unspecified atom stereocenters. The molecule has 0 saturated heterocycles. The molecule has 98 valence electrons. The topological polar surface area (TPSA) is 106 Å². The zero-order valence-corrected chi connectivity index (χ0v) is 11.8. The second-order valence-electron chi connectivity index (χ2n) is 3.44. The molecule has 1 aromatic heterocycles. The number of primary sulfonamides is 1. The van der Waals surface area contributed by atoms with Crippen molar-refractivity contribution in [2.24, 2.45) is 5.14 Å². The fourth-order valence-electron chi connectivity index (χ4n) is 1.13. The summed E-state index contributed by atoms with van der Waals surface area (Å²) in [6.45, 7) is 3.17. The molecule has 0 aliphatic rings. The molecule has 0 amide bonds. The molecule has 6 nitrogen and oxygen atoms in total. The van der Waals surface area contributed by atoms with E-state index in [0.29, 0.717) is 4.88 Å². The highest BCUT2D eigenvalue weighted by Crippen LogP contribution is 2.26. The summed E-state index contributed by atoms with van der Waals surface area (Å²) in [5.41, 5.74) is 0. The second-order valence-corrected chi connectivity index (χ2v) is 8.39. The maximum absolute atomic E-state index is 11.3. The summed E-state index contributed by atoms with van der Waals surface area (Å²) >= 11 is 0.959. The van der Waals surface area contributed by atoms with Crippen LogP contribution < -0.4 is 9.86 Å². The molecule has 1 atom stereocenters. The Morgan fingerprint density at radius 2 is 1.94 bits per heavy atom. The van der Waals surface area contributed by atoms with Gasteiger partial charge in [0.15, 0.2) is 0 Å². The maximum Gasteiger partial charge on any atom is 0.247 e. The van der Waals surface area contributed by atoms with Crippen LogP contribution in [0.3, 0.4) is 0 Å². The maximum atomic E-state index is 11.3. The number of hydrogen-bond acceptors (Lipinski definition) is 5. The van der Waals surface area contributed by atoms with Gasteiger partial charge in [-0.2, -0.15) is 0 Å². The molecule has 0 spiro atoms. The molecule has 3 N–H and O–H groups in total. The minimum Gasteiger partial charge on any atom is -0.224 e. The van der Waals surface area contributed by atoms with Crippen molar-refractivity contribution < 1.29 is 16.8 Å². The largest absolute Gasteiger partial charge is 0.247 e. The van der Waals surface area contributed by atoms with Crippen molar-refractivity contribution in [1.82, 2.24) is 4.72 Å². The van der Waals surface area contributed by atoms with E-state index in [9.17, 15) is 16.8 Å². The van der Waals surface area contributed by atoms with Crippen LogP contribution in [0.25, 0.3) is 0 Å². The van der Waals surface area contributed by atoms with Crippen molar-refractivity contribution in [3.8, 4) is 0 Å². The van der Waals surface area contributed by atoms with Crippen LogP contribution in [0.15, 0.2) is 16.3 Å². The molecule has 0 aromatic carbocycles. The Morgan fingerprint density at radius 1 is 1.35 bits per heavy atom. The predicted octanol–water partition coefficient (Wildman–Crippen LogP) is 0.396. The van der Waals surface area contributed by atoms with E-state index < -0.39 is 26.1 Å². The molecule has 9 heteroatoms. The molecule has 0 bridgehead atoms. The van der Waals surface area contributed by atoms with Gasteiger partial charge in [-0.3, -0.25) is 0 Å². The van der Waals surface area contributed by atoms with E-state index in [1.807, 2.05) is 0 Å². The van der Waals surface area contributed by atoms with Gasteiger partial charge in [0.2, 0.25) is 20.0 Å². The highest BCUT2D eigenvalue weighted by molar-refractivity contribution is 7.91. The van der Waals surface area contributed by atoms with E-state index >= 15 is 0 Å². The predicted molar refractivity (Wildman–Crippen MR) is 66.7 cm³/mol. The lowest BCUT2D eigenvalue weighted by atomic mass is 10.3. The monoisotopic (exact) mass is 298 g/mol. The number of nitrogens with two attached hydrogens (primary N) is 1. The van der Waals surface area contributed by atoms with Gasteiger partial charge >= 0.3 is 0 Å². The molecular weight excluding hydrogens is 284 g/mol. The molecule has 0 aliphatic heterocycles. The minimum absolute atomic E-state index is 0.0231. The van der Waals surface area contributed by atoms with Gasteiger partial charge in [0.05, 0.1) is 11.8 Å². The summed E-state index contributed by atoms with van der Waals surface area (Å²) < 4.78 is 47.3. The van der Waals surface area contributed by atoms with Gasteiger partial charge in [-0.25, -0.2) is 26.7 Å². The van der Waals surface area contributed by atoms with Crippen LogP contribution in [-0.2, 0) is 20.0 Å². The van der Waals surface area contributed by atoms with Crippen LogP contribution in [0.2, 0.25) is 0 Å². The van der Waals surface area contributed by atoms with E-state index in [4.69, 9.17) is 5.14 Å². The number of sulfonamides is 2. The molecule has 0 saturated carbocycles. The molecule has 1 rings (SSSR count). The Bertz CT molecular complexity index is 588. The van der Waals surface area contributed by atoms with E-state index in [-0.39, 0.29) is 9.96 Å². The first-order valence-electron chi connectivity index (χ1n) is 4.78. The van der Waals surface area contributed by atoms with Crippen molar-refractivity contribution in [2.75, 3.05) is 5.75 Å². The summed E-state index contributed by atoms with van der Waals surface area (Å²) in [5, 5.41) is 4.97. The van der Waals surface area contributed by atoms with Crippen molar-refractivity contribution in [2.45, 2.75) is 24.1 Å². The van der Waals surface area contributed by atoms with Crippen LogP contribution in [0.1, 0.15) is 24.8 Å². The van der Waals surface area contributed by atoms with Gasteiger partial charge in [-0.1, -0.05) is 0 Å². The van der Waals surface area contributed by atoms with Crippen molar-refractivity contribution in [3.05, 3.63) is 17.0 Å². The molecule has 0 aliphatic carbocycles. The van der Waals surface area contributed by atoms with Gasteiger partial charge in [-0.05, 0) is 26.0 Å². The number of rotatable bonds is 5. The Morgan fingerprint density at radius 3 is 2.35 bits per heavy atom.